The van der Waals surface area contributed by atoms with Crippen molar-refractivity contribution in [3.05, 3.63) is 162 Å². The number of hydrogen-bond donors (Lipinski definition) is 2. The van der Waals surface area contributed by atoms with E-state index in [9.17, 15) is 14.0 Å². The van der Waals surface area contributed by atoms with E-state index in [0.29, 0.717) is 29.4 Å². The summed E-state index contributed by atoms with van der Waals surface area (Å²) in [4.78, 5) is 32.0. The van der Waals surface area contributed by atoms with Crippen molar-refractivity contribution in [3.63, 3.8) is 0 Å². The van der Waals surface area contributed by atoms with Crippen LogP contribution in [-0.2, 0) is 14.9 Å². The van der Waals surface area contributed by atoms with Crippen LogP contribution in [0.25, 0.3) is 16.6 Å². The number of hydrogen-bond acceptors (Lipinski definition) is 6. The molecule has 50 heavy (non-hydrogen) atoms. The molecule has 0 radical (unpaired) electrons. The standard InChI is InChI=1S/C40H36FN5O3S/c1-3-34(44-37(47)33-24-42-26-36-32(33)25-43-46(36)31-21-19-30(41)20-22-31)38(48)45-35(39(50)49-2)23-40(27-13-7-4-8-14-27,28-15-9-5-10-16-28)29-17-11-6-12-18-29/h4-22,24-26,34-35H,3,23H2,1-2H3,(H,44,47)(H,45,48)/t34?,35-/m1/s1. The third kappa shape index (κ3) is 6.88. The minimum atomic E-state index is -0.897. The van der Waals surface area contributed by atoms with Crippen LogP contribution in [0.2, 0.25) is 0 Å². The van der Waals surface area contributed by atoms with Gasteiger partial charge in [-0.3, -0.25) is 14.6 Å². The molecule has 0 aliphatic carbocycles. The van der Waals surface area contributed by atoms with Gasteiger partial charge in [0.2, 0.25) is 5.91 Å². The third-order valence-electron chi connectivity index (χ3n) is 8.96. The van der Waals surface area contributed by atoms with E-state index in [1.165, 1.54) is 25.4 Å². The van der Waals surface area contributed by atoms with Crippen LogP contribution < -0.4 is 10.6 Å². The van der Waals surface area contributed by atoms with Crippen molar-refractivity contribution in [2.24, 2.45) is 0 Å². The molecule has 8 nitrogen and oxygen atoms in total. The Balaban J connectivity index is 1.30. The molecule has 0 spiro atoms. The Morgan fingerprint density at radius 1 is 0.800 bits per heavy atom. The largest absolute Gasteiger partial charge is 0.488 e. The van der Waals surface area contributed by atoms with Crippen LogP contribution in [0.3, 0.4) is 0 Å². The first kappa shape index (κ1) is 34.1. The number of aromatic nitrogens is 3. The second-order valence-electron chi connectivity index (χ2n) is 11.9. The zero-order valence-electron chi connectivity index (χ0n) is 27.6. The molecule has 6 rings (SSSR count). The fraction of sp³-hybridized carbons (Fsp3) is 0.175. The van der Waals surface area contributed by atoms with Crippen LogP contribution in [0, 0.1) is 5.82 Å². The predicted octanol–water partition coefficient (Wildman–Crippen LogP) is 6.95. The molecule has 10 heteroatoms. The van der Waals surface area contributed by atoms with E-state index in [-0.39, 0.29) is 16.4 Å². The van der Waals surface area contributed by atoms with Crippen molar-refractivity contribution in [2.75, 3.05) is 7.11 Å². The van der Waals surface area contributed by atoms with Gasteiger partial charge in [-0.1, -0.05) is 97.9 Å². The summed E-state index contributed by atoms with van der Waals surface area (Å²) in [6.07, 6.45) is 5.24. The highest BCUT2D eigenvalue weighted by atomic mass is 32.1. The van der Waals surface area contributed by atoms with Gasteiger partial charge in [0.05, 0.1) is 42.3 Å². The highest BCUT2D eigenvalue weighted by Gasteiger charge is 2.41. The maximum absolute atomic E-state index is 14.0. The summed E-state index contributed by atoms with van der Waals surface area (Å²) in [5.41, 5.74) is 3.78. The first-order valence-corrected chi connectivity index (χ1v) is 16.7. The number of nitrogens with zero attached hydrogens (tertiary/aromatic N) is 3. The number of carbonyl (C=O) groups excluding carboxylic acids is 2. The lowest BCUT2D eigenvalue weighted by Gasteiger charge is -2.39. The fourth-order valence-corrected chi connectivity index (χ4v) is 6.58. The van der Waals surface area contributed by atoms with Crippen LogP contribution in [0.1, 0.15) is 46.8 Å². The molecule has 2 amide bonds. The van der Waals surface area contributed by atoms with Gasteiger partial charge in [0.15, 0.2) is 5.05 Å². The topological polar surface area (TPSA) is 98.1 Å². The van der Waals surface area contributed by atoms with Gasteiger partial charge in [-0.05, 0) is 66.0 Å². The van der Waals surface area contributed by atoms with Crippen molar-refractivity contribution in [3.8, 4) is 5.69 Å². The summed E-state index contributed by atoms with van der Waals surface area (Å²) >= 11 is 5.74. The second-order valence-corrected chi connectivity index (χ2v) is 12.3. The Bertz CT molecular complexity index is 1990. The Kier molecular flexibility index (Phi) is 10.4. The minimum absolute atomic E-state index is 0.217. The van der Waals surface area contributed by atoms with Gasteiger partial charge in [-0.2, -0.15) is 5.10 Å². The number of fused-ring (bicyclic) bond motifs is 1. The van der Waals surface area contributed by atoms with Crippen molar-refractivity contribution in [2.45, 2.75) is 37.3 Å². The lowest BCUT2D eigenvalue weighted by molar-refractivity contribution is -0.123. The molecule has 4 aromatic carbocycles. The summed E-state index contributed by atoms with van der Waals surface area (Å²) in [7, 11) is 1.50. The lowest BCUT2D eigenvalue weighted by atomic mass is 9.66. The summed E-state index contributed by atoms with van der Waals surface area (Å²) in [5, 5.41) is 11.2. The molecule has 2 atom stereocenters. The molecule has 0 saturated heterocycles. The highest BCUT2D eigenvalue weighted by molar-refractivity contribution is 7.80. The van der Waals surface area contributed by atoms with E-state index in [2.05, 4.69) is 57.1 Å². The molecule has 2 heterocycles. The molecule has 0 bridgehead atoms. The first-order valence-electron chi connectivity index (χ1n) is 16.3. The summed E-state index contributed by atoms with van der Waals surface area (Å²) in [6.45, 7) is 1.82. The summed E-state index contributed by atoms with van der Waals surface area (Å²) in [5.74, 6) is -1.26. The molecular formula is C40H36FN5O3S. The number of halogens is 1. The normalized spacial score (nSPS) is 12.5. The van der Waals surface area contributed by atoms with Gasteiger partial charge in [-0.25, -0.2) is 9.07 Å². The van der Waals surface area contributed by atoms with Crippen molar-refractivity contribution in [1.29, 1.82) is 0 Å². The Morgan fingerprint density at radius 3 is 1.88 bits per heavy atom. The number of nitrogens with one attached hydrogen (secondary N) is 2. The maximum atomic E-state index is 14.0. The second kappa shape index (κ2) is 15.2. The van der Waals surface area contributed by atoms with E-state index in [0.717, 1.165) is 16.7 Å². The molecule has 252 valence electrons. The molecule has 0 aliphatic heterocycles. The Labute approximate surface area is 295 Å². The zero-order valence-corrected chi connectivity index (χ0v) is 28.4. The maximum Gasteiger partial charge on any atom is 0.254 e. The van der Waals surface area contributed by atoms with E-state index in [1.807, 2.05) is 61.5 Å². The Hall–Kier alpha value is -5.74. The molecule has 2 N–H and O–H groups in total. The lowest BCUT2D eigenvalue weighted by Crippen LogP contribution is -2.53. The molecule has 2 aromatic heterocycles. The van der Waals surface area contributed by atoms with Crippen LogP contribution in [0.15, 0.2) is 134 Å². The quantitative estimate of drug-likeness (QED) is 0.107. The van der Waals surface area contributed by atoms with Gasteiger partial charge in [0.25, 0.3) is 5.91 Å². The third-order valence-corrected chi connectivity index (χ3v) is 9.41. The minimum Gasteiger partial charge on any atom is -0.488 e. The van der Waals surface area contributed by atoms with Gasteiger partial charge in [-0.15, -0.1) is 0 Å². The van der Waals surface area contributed by atoms with Crippen LogP contribution in [0.4, 0.5) is 4.39 Å². The van der Waals surface area contributed by atoms with Crippen LogP contribution in [-0.4, -0.2) is 50.8 Å². The monoisotopic (exact) mass is 685 g/mol. The molecule has 1 unspecified atom stereocenters. The summed E-state index contributed by atoms with van der Waals surface area (Å²) < 4.78 is 20.7. The van der Waals surface area contributed by atoms with E-state index in [4.69, 9.17) is 17.0 Å². The Morgan fingerprint density at radius 2 is 1.36 bits per heavy atom. The number of carbonyl (C=O) groups is 2. The van der Waals surface area contributed by atoms with Gasteiger partial charge >= 0.3 is 0 Å². The van der Waals surface area contributed by atoms with Gasteiger partial charge < -0.3 is 15.4 Å². The van der Waals surface area contributed by atoms with Crippen LogP contribution in [0.5, 0.6) is 0 Å². The van der Waals surface area contributed by atoms with Crippen molar-refractivity contribution < 1.29 is 18.7 Å². The van der Waals surface area contributed by atoms with E-state index < -0.39 is 29.3 Å². The van der Waals surface area contributed by atoms with E-state index >= 15 is 0 Å². The SMILES string of the molecule is CCC(NC(=O)c1cncc2c1cnn2-c1ccc(F)cc1)C(=O)N[C@H](CC(c1ccccc1)(c1ccccc1)c1ccccc1)C(=S)OC. The molecule has 6 aromatic rings. The van der Waals surface area contributed by atoms with Crippen molar-refractivity contribution >= 4 is 40.0 Å². The zero-order chi connectivity index (χ0) is 35.1. The number of amides is 2. The molecule has 0 saturated carbocycles. The smallest absolute Gasteiger partial charge is 0.254 e. The average Bonchev–Trinajstić information content (AvgIpc) is 3.61. The number of ether oxygens (including phenoxy) is 1. The molecule has 0 fully saturated rings. The van der Waals surface area contributed by atoms with Gasteiger partial charge in [0.1, 0.15) is 11.9 Å². The van der Waals surface area contributed by atoms with E-state index in [1.54, 1.807) is 29.2 Å². The highest BCUT2D eigenvalue weighted by Crippen LogP contribution is 2.43. The number of thiocarbonyl (C=S) groups is 1. The summed E-state index contributed by atoms with van der Waals surface area (Å²) in [6, 6.07) is 34.6. The number of rotatable bonds is 12. The van der Waals surface area contributed by atoms with Crippen LogP contribution >= 0.6 is 12.2 Å². The first-order chi connectivity index (χ1) is 24.3. The average molecular weight is 686 g/mol. The molecular weight excluding hydrogens is 650 g/mol. The number of benzene rings is 4. The molecule has 0 aliphatic rings. The number of pyridine rings is 1. The fourth-order valence-electron chi connectivity index (χ4n) is 6.44. The van der Waals surface area contributed by atoms with Crippen molar-refractivity contribution in [1.82, 2.24) is 25.4 Å². The predicted molar refractivity (Wildman–Crippen MR) is 196 cm³/mol. The van der Waals surface area contributed by atoms with Gasteiger partial charge in [0, 0.05) is 17.0 Å². The number of methoxy groups -OCH3 is 1.